The molecular formula is C13H16N2O5. The summed E-state index contributed by atoms with van der Waals surface area (Å²) in [6.45, 7) is 0.258. The van der Waals surface area contributed by atoms with Gasteiger partial charge in [0.25, 0.3) is 0 Å². The van der Waals surface area contributed by atoms with Crippen molar-refractivity contribution in [3.63, 3.8) is 0 Å². The van der Waals surface area contributed by atoms with Crippen LogP contribution in [0.3, 0.4) is 0 Å². The zero-order valence-electron chi connectivity index (χ0n) is 11.1. The SMILES string of the molecule is COc1cccc(N(CCC(=O)O)C2CC2)c1[N+](=O)[O-]. The molecule has 20 heavy (non-hydrogen) atoms. The number of nitro benzene ring substituents is 1. The highest BCUT2D eigenvalue weighted by Crippen LogP contribution is 2.41. The van der Waals surface area contributed by atoms with Crippen LogP contribution in [0.1, 0.15) is 19.3 Å². The van der Waals surface area contributed by atoms with Crippen LogP contribution in [0.4, 0.5) is 11.4 Å². The van der Waals surface area contributed by atoms with E-state index in [0.717, 1.165) is 12.8 Å². The lowest BCUT2D eigenvalue weighted by atomic mass is 10.2. The zero-order chi connectivity index (χ0) is 14.7. The number of carboxylic acids is 1. The van der Waals surface area contributed by atoms with Crippen molar-refractivity contribution < 1.29 is 19.6 Å². The number of hydrogen-bond donors (Lipinski definition) is 1. The normalized spacial score (nSPS) is 13.8. The smallest absolute Gasteiger partial charge is 0.333 e. The largest absolute Gasteiger partial charge is 0.490 e. The molecule has 1 aromatic rings. The molecule has 1 saturated carbocycles. The van der Waals surface area contributed by atoms with Crippen LogP contribution >= 0.6 is 0 Å². The van der Waals surface area contributed by atoms with Crippen LogP contribution in [-0.4, -0.2) is 35.7 Å². The summed E-state index contributed by atoms with van der Waals surface area (Å²) in [6, 6.07) is 5.03. The second-order valence-corrected chi connectivity index (χ2v) is 4.65. The first-order valence-electron chi connectivity index (χ1n) is 6.34. The lowest BCUT2D eigenvalue weighted by Gasteiger charge is -2.24. The molecule has 1 aromatic carbocycles. The number of para-hydroxylation sites is 1. The number of nitrogens with zero attached hydrogens (tertiary/aromatic N) is 2. The number of anilines is 1. The predicted octanol–water partition coefficient (Wildman–Crippen LogP) is 2.05. The van der Waals surface area contributed by atoms with Crippen LogP contribution < -0.4 is 9.64 Å². The lowest BCUT2D eigenvalue weighted by molar-refractivity contribution is -0.385. The molecule has 108 valence electrons. The number of methoxy groups -OCH3 is 1. The van der Waals surface area contributed by atoms with Gasteiger partial charge in [0.15, 0.2) is 5.75 Å². The molecule has 0 amide bonds. The Balaban J connectivity index is 2.37. The van der Waals surface area contributed by atoms with E-state index in [9.17, 15) is 14.9 Å². The summed E-state index contributed by atoms with van der Waals surface area (Å²) >= 11 is 0. The first-order valence-corrected chi connectivity index (χ1v) is 6.34. The molecule has 7 heteroatoms. The number of carboxylic acid groups (broad SMARTS) is 1. The second-order valence-electron chi connectivity index (χ2n) is 4.65. The highest BCUT2D eigenvalue weighted by Gasteiger charge is 2.34. The Bertz CT molecular complexity index is 527. The standard InChI is InChI=1S/C13H16N2O5/c1-20-11-4-2-3-10(13(11)15(18)19)14(9-5-6-9)8-7-12(16)17/h2-4,9H,5-8H2,1H3,(H,16,17). The summed E-state index contributed by atoms with van der Waals surface area (Å²) < 4.78 is 5.04. The topological polar surface area (TPSA) is 92.9 Å². The Morgan fingerprint density at radius 1 is 1.55 bits per heavy atom. The third-order valence-corrected chi connectivity index (χ3v) is 3.24. The van der Waals surface area contributed by atoms with Gasteiger partial charge in [0.2, 0.25) is 0 Å². The van der Waals surface area contributed by atoms with E-state index in [1.54, 1.807) is 17.0 Å². The molecule has 0 unspecified atom stereocenters. The fourth-order valence-corrected chi connectivity index (χ4v) is 2.19. The average molecular weight is 280 g/mol. The fourth-order valence-electron chi connectivity index (χ4n) is 2.19. The number of aliphatic carboxylic acids is 1. The number of rotatable bonds is 7. The summed E-state index contributed by atoms with van der Waals surface area (Å²) in [6.07, 6.45) is 1.80. The van der Waals surface area contributed by atoms with Crippen molar-refractivity contribution in [1.29, 1.82) is 0 Å². The van der Waals surface area contributed by atoms with Gasteiger partial charge in [-0.2, -0.15) is 0 Å². The van der Waals surface area contributed by atoms with Crippen LogP contribution in [0.5, 0.6) is 5.75 Å². The van der Waals surface area contributed by atoms with Crippen molar-refractivity contribution in [3.8, 4) is 5.75 Å². The van der Waals surface area contributed by atoms with Gasteiger partial charge in [-0.15, -0.1) is 0 Å². The van der Waals surface area contributed by atoms with Crippen molar-refractivity contribution in [2.45, 2.75) is 25.3 Å². The Labute approximate surface area is 115 Å². The highest BCUT2D eigenvalue weighted by atomic mass is 16.6. The Morgan fingerprint density at radius 2 is 2.25 bits per heavy atom. The highest BCUT2D eigenvalue weighted by molar-refractivity contribution is 5.72. The third kappa shape index (κ3) is 2.98. The minimum absolute atomic E-state index is 0.0507. The summed E-state index contributed by atoms with van der Waals surface area (Å²) in [4.78, 5) is 23.3. The minimum atomic E-state index is -0.916. The molecule has 0 heterocycles. The molecule has 2 rings (SSSR count). The van der Waals surface area contributed by atoms with Crippen LogP contribution in [0.2, 0.25) is 0 Å². The maximum absolute atomic E-state index is 11.3. The minimum Gasteiger partial charge on any atom is -0.490 e. The van der Waals surface area contributed by atoms with E-state index in [1.807, 2.05) is 0 Å². The molecule has 0 saturated heterocycles. The molecule has 0 aliphatic heterocycles. The van der Waals surface area contributed by atoms with Crippen molar-refractivity contribution in [3.05, 3.63) is 28.3 Å². The van der Waals surface area contributed by atoms with Crippen LogP contribution in [-0.2, 0) is 4.79 Å². The number of carbonyl (C=O) groups is 1. The number of benzene rings is 1. The van der Waals surface area contributed by atoms with Gasteiger partial charge in [0.1, 0.15) is 5.69 Å². The van der Waals surface area contributed by atoms with Crippen molar-refractivity contribution >= 4 is 17.3 Å². The maximum Gasteiger partial charge on any atom is 0.333 e. The van der Waals surface area contributed by atoms with Gasteiger partial charge in [-0.1, -0.05) is 6.07 Å². The van der Waals surface area contributed by atoms with Crippen LogP contribution in [0, 0.1) is 10.1 Å². The molecule has 0 bridgehead atoms. The molecular weight excluding hydrogens is 264 g/mol. The van der Waals surface area contributed by atoms with E-state index in [1.165, 1.54) is 13.2 Å². The van der Waals surface area contributed by atoms with Crippen molar-refractivity contribution in [2.24, 2.45) is 0 Å². The van der Waals surface area contributed by atoms with Gasteiger partial charge in [0.05, 0.1) is 18.5 Å². The molecule has 0 radical (unpaired) electrons. The van der Waals surface area contributed by atoms with E-state index in [-0.39, 0.29) is 30.4 Å². The van der Waals surface area contributed by atoms with Gasteiger partial charge < -0.3 is 14.7 Å². The first kappa shape index (κ1) is 14.1. The number of nitro groups is 1. The van der Waals surface area contributed by atoms with E-state index in [0.29, 0.717) is 5.69 Å². The van der Waals surface area contributed by atoms with Gasteiger partial charge in [-0.3, -0.25) is 14.9 Å². The zero-order valence-corrected chi connectivity index (χ0v) is 11.1. The molecule has 0 spiro atoms. The number of hydrogen-bond acceptors (Lipinski definition) is 5. The summed E-state index contributed by atoms with van der Waals surface area (Å²) in [5, 5.41) is 20.1. The van der Waals surface area contributed by atoms with Crippen LogP contribution in [0.15, 0.2) is 18.2 Å². The molecule has 1 aliphatic carbocycles. The molecule has 0 atom stereocenters. The summed E-state index contributed by atoms with van der Waals surface area (Å²) in [7, 11) is 1.38. The molecule has 7 nitrogen and oxygen atoms in total. The maximum atomic E-state index is 11.3. The third-order valence-electron chi connectivity index (χ3n) is 3.24. The monoisotopic (exact) mass is 280 g/mol. The first-order chi connectivity index (χ1) is 9.54. The summed E-state index contributed by atoms with van der Waals surface area (Å²) in [5.74, 6) is -0.727. The summed E-state index contributed by atoms with van der Waals surface area (Å²) in [5.41, 5.74) is 0.324. The number of ether oxygens (including phenoxy) is 1. The van der Waals surface area contributed by atoms with Gasteiger partial charge in [-0.25, -0.2) is 0 Å². The van der Waals surface area contributed by atoms with Gasteiger partial charge >= 0.3 is 11.7 Å². The van der Waals surface area contributed by atoms with Gasteiger partial charge in [0, 0.05) is 12.6 Å². The Morgan fingerprint density at radius 3 is 2.75 bits per heavy atom. The Kier molecular flexibility index (Phi) is 4.07. The Hall–Kier alpha value is -2.31. The van der Waals surface area contributed by atoms with E-state index in [4.69, 9.17) is 9.84 Å². The molecule has 1 N–H and O–H groups in total. The molecule has 1 fully saturated rings. The van der Waals surface area contributed by atoms with Crippen molar-refractivity contribution in [2.75, 3.05) is 18.6 Å². The lowest BCUT2D eigenvalue weighted by Crippen LogP contribution is -2.29. The molecule has 1 aliphatic rings. The molecule has 0 aromatic heterocycles. The fraction of sp³-hybridized carbons (Fsp3) is 0.462. The van der Waals surface area contributed by atoms with E-state index >= 15 is 0 Å². The van der Waals surface area contributed by atoms with E-state index < -0.39 is 10.9 Å². The average Bonchev–Trinajstić information content (AvgIpc) is 3.22. The predicted molar refractivity (Wildman–Crippen MR) is 72.3 cm³/mol. The quantitative estimate of drug-likeness (QED) is 0.607. The second kappa shape index (κ2) is 5.77. The van der Waals surface area contributed by atoms with Crippen LogP contribution in [0.25, 0.3) is 0 Å². The van der Waals surface area contributed by atoms with Crippen molar-refractivity contribution in [1.82, 2.24) is 0 Å². The van der Waals surface area contributed by atoms with Gasteiger partial charge in [-0.05, 0) is 25.0 Å². The van der Waals surface area contributed by atoms with E-state index in [2.05, 4.69) is 0 Å².